The maximum Gasteiger partial charge on any atom is 0.0646 e. The zero-order valence-corrected chi connectivity index (χ0v) is 12.5. The molecule has 0 aliphatic rings. The third-order valence-corrected chi connectivity index (χ3v) is 4.56. The Morgan fingerprint density at radius 2 is 1.94 bits per heavy atom. The van der Waals surface area contributed by atoms with E-state index in [0.717, 1.165) is 13.1 Å². The molecule has 0 saturated heterocycles. The van der Waals surface area contributed by atoms with Crippen molar-refractivity contribution in [2.24, 2.45) is 5.92 Å². The van der Waals surface area contributed by atoms with Crippen LogP contribution in [0, 0.1) is 5.92 Å². The molecule has 1 heterocycles. The highest BCUT2D eigenvalue weighted by atomic mass is 32.2. The Kier molecular flexibility index (Phi) is 5.29. The summed E-state index contributed by atoms with van der Waals surface area (Å²) < 4.78 is 1.35. The van der Waals surface area contributed by atoms with Crippen molar-refractivity contribution in [1.82, 2.24) is 5.32 Å². The van der Waals surface area contributed by atoms with E-state index in [1.54, 1.807) is 11.3 Å². The van der Waals surface area contributed by atoms with Gasteiger partial charge in [-0.15, -0.1) is 11.3 Å². The summed E-state index contributed by atoms with van der Waals surface area (Å²) in [5.74, 6) is 0.707. The fraction of sp³-hybridized carbons (Fsp3) is 0.333. The first kappa shape index (κ1) is 13.7. The van der Waals surface area contributed by atoms with Crippen molar-refractivity contribution < 1.29 is 0 Å². The minimum Gasteiger partial charge on any atom is -0.312 e. The van der Waals surface area contributed by atoms with Crippen LogP contribution in [-0.4, -0.2) is 6.54 Å². The van der Waals surface area contributed by atoms with E-state index in [0.29, 0.717) is 5.92 Å². The molecule has 1 aromatic heterocycles. The van der Waals surface area contributed by atoms with Crippen molar-refractivity contribution in [1.29, 1.82) is 0 Å². The van der Waals surface area contributed by atoms with Gasteiger partial charge in [-0.05, 0) is 41.6 Å². The quantitative estimate of drug-likeness (QED) is 0.825. The van der Waals surface area contributed by atoms with E-state index in [-0.39, 0.29) is 0 Å². The van der Waals surface area contributed by atoms with E-state index >= 15 is 0 Å². The third kappa shape index (κ3) is 4.48. The summed E-state index contributed by atoms with van der Waals surface area (Å²) >= 11 is 3.62. The second-order valence-electron chi connectivity index (χ2n) is 4.70. The van der Waals surface area contributed by atoms with Crippen LogP contribution in [0.15, 0.2) is 50.9 Å². The Morgan fingerprint density at radius 1 is 1.17 bits per heavy atom. The summed E-state index contributed by atoms with van der Waals surface area (Å²) in [5, 5.41) is 5.58. The number of rotatable bonds is 6. The Morgan fingerprint density at radius 3 is 2.56 bits per heavy atom. The average Bonchev–Trinajstić information content (AvgIpc) is 2.84. The summed E-state index contributed by atoms with van der Waals surface area (Å²) in [6.07, 6.45) is 0. The van der Waals surface area contributed by atoms with Gasteiger partial charge in [0.2, 0.25) is 0 Å². The lowest BCUT2D eigenvalue weighted by Gasteiger charge is -2.07. The number of benzene rings is 1. The molecular formula is C15H19NS2. The van der Waals surface area contributed by atoms with Gasteiger partial charge in [0.05, 0.1) is 4.21 Å². The van der Waals surface area contributed by atoms with Gasteiger partial charge in [0.1, 0.15) is 0 Å². The zero-order valence-electron chi connectivity index (χ0n) is 10.8. The molecule has 0 saturated carbocycles. The van der Waals surface area contributed by atoms with E-state index in [4.69, 9.17) is 0 Å². The van der Waals surface area contributed by atoms with Crippen molar-refractivity contribution in [2.45, 2.75) is 29.5 Å². The molecule has 0 fully saturated rings. The first-order valence-electron chi connectivity index (χ1n) is 6.25. The molecule has 1 nitrogen and oxygen atoms in total. The summed E-state index contributed by atoms with van der Waals surface area (Å²) in [5.41, 5.74) is 1.35. The van der Waals surface area contributed by atoms with Crippen LogP contribution in [0.1, 0.15) is 19.4 Å². The topological polar surface area (TPSA) is 12.0 Å². The summed E-state index contributed by atoms with van der Waals surface area (Å²) in [4.78, 5) is 1.31. The zero-order chi connectivity index (χ0) is 12.8. The molecule has 1 N–H and O–H groups in total. The van der Waals surface area contributed by atoms with Gasteiger partial charge in [0.15, 0.2) is 0 Å². The van der Waals surface area contributed by atoms with Crippen LogP contribution in [0.4, 0.5) is 0 Å². The van der Waals surface area contributed by atoms with Gasteiger partial charge < -0.3 is 5.32 Å². The molecule has 0 bridgehead atoms. The van der Waals surface area contributed by atoms with Crippen molar-refractivity contribution in [3.8, 4) is 0 Å². The second kappa shape index (κ2) is 6.98. The molecule has 0 radical (unpaired) electrons. The minimum absolute atomic E-state index is 0.707. The van der Waals surface area contributed by atoms with E-state index in [9.17, 15) is 0 Å². The molecule has 0 aliphatic heterocycles. The lowest BCUT2D eigenvalue weighted by atomic mass is 10.2. The molecule has 0 spiro atoms. The second-order valence-corrected chi connectivity index (χ2v) is 7.02. The summed E-state index contributed by atoms with van der Waals surface area (Å²) in [6, 6.07) is 13.1. The van der Waals surface area contributed by atoms with Gasteiger partial charge in [-0.25, -0.2) is 0 Å². The van der Waals surface area contributed by atoms with Gasteiger partial charge in [-0.3, -0.25) is 0 Å². The SMILES string of the molecule is CC(C)CNCc1ccc(Sc2cccs2)cc1. The van der Waals surface area contributed by atoms with E-state index in [1.165, 1.54) is 14.7 Å². The van der Waals surface area contributed by atoms with Crippen LogP contribution in [0.25, 0.3) is 0 Å². The molecule has 0 atom stereocenters. The van der Waals surface area contributed by atoms with Crippen molar-refractivity contribution >= 4 is 23.1 Å². The molecular weight excluding hydrogens is 258 g/mol. The first-order valence-corrected chi connectivity index (χ1v) is 7.94. The molecule has 0 aliphatic carbocycles. The highest BCUT2D eigenvalue weighted by Crippen LogP contribution is 2.31. The molecule has 3 heteroatoms. The predicted octanol–water partition coefficient (Wildman–Crippen LogP) is 4.64. The van der Waals surface area contributed by atoms with Crippen LogP contribution in [0.2, 0.25) is 0 Å². The minimum atomic E-state index is 0.707. The van der Waals surface area contributed by atoms with Gasteiger partial charge in [-0.1, -0.05) is 43.8 Å². The predicted molar refractivity (Wildman–Crippen MR) is 81.4 cm³/mol. The van der Waals surface area contributed by atoms with Crippen molar-refractivity contribution in [3.63, 3.8) is 0 Å². The van der Waals surface area contributed by atoms with Crippen molar-refractivity contribution in [2.75, 3.05) is 6.54 Å². The monoisotopic (exact) mass is 277 g/mol. The van der Waals surface area contributed by atoms with Crippen LogP contribution in [0.3, 0.4) is 0 Å². The number of hydrogen-bond acceptors (Lipinski definition) is 3. The Hall–Kier alpha value is -0.770. The highest BCUT2D eigenvalue weighted by Gasteiger charge is 1.99. The number of thiophene rings is 1. The fourth-order valence-electron chi connectivity index (χ4n) is 1.62. The molecule has 18 heavy (non-hydrogen) atoms. The summed E-state index contributed by atoms with van der Waals surface area (Å²) in [6.45, 7) is 6.50. The maximum atomic E-state index is 3.46. The van der Waals surface area contributed by atoms with Crippen LogP contribution in [-0.2, 0) is 6.54 Å². The van der Waals surface area contributed by atoms with E-state index < -0.39 is 0 Å². The lowest BCUT2D eigenvalue weighted by molar-refractivity contribution is 0.552. The standard InChI is InChI=1S/C15H19NS2/c1-12(2)10-16-11-13-5-7-14(8-6-13)18-15-4-3-9-17-15/h3-9,12,16H,10-11H2,1-2H3. The molecule has 96 valence electrons. The maximum absolute atomic E-state index is 3.46. The van der Waals surface area contributed by atoms with Gasteiger partial charge >= 0.3 is 0 Å². The molecule has 1 aromatic carbocycles. The molecule has 0 unspecified atom stereocenters. The molecule has 0 amide bonds. The van der Waals surface area contributed by atoms with Gasteiger partial charge in [-0.2, -0.15) is 0 Å². The highest BCUT2D eigenvalue weighted by molar-refractivity contribution is 8.01. The Labute approximate surface area is 118 Å². The van der Waals surface area contributed by atoms with Crippen LogP contribution >= 0.6 is 23.1 Å². The van der Waals surface area contributed by atoms with Crippen molar-refractivity contribution in [3.05, 3.63) is 47.3 Å². The normalized spacial score (nSPS) is 11.1. The first-order chi connectivity index (χ1) is 8.74. The molecule has 2 rings (SSSR count). The smallest absolute Gasteiger partial charge is 0.0646 e. The molecule has 2 aromatic rings. The van der Waals surface area contributed by atoms with Crippen LogP contribution < -0.4 is 5.32 Å². The van der Waals surface area contributed by atoms with Gasteiger partial charge in [0, 0.05) is 11.4 Å². The lowest BCUT2D eigenvalue weighted by Crippen LogP contribution is -2.18. The number of hydrogen-bond donors (Lipinski definition) is 1. The third-order valence-electron chi connectivity index (χ3n) is 2.52. The van der Waals surface area contributed by atoms with Crippen LogP contribution in [0.5, 0.6) is 0 Å². The van der Waals surface area contributed by atoms with E-state index in [1.807, 2.05) is 11.8 Å². The Bertz CT molecular complexity index is 446. The summed E-state index contributed by atoms with van der Waals surface area (Å²) in [7, 11) is 0. The average molecular weight is 277 g/mol. The number of nitrogens with one attached hydrogen (secondary N) is 1. The van der Waals surface area contributed by atoms with E-state index in [2.05, 4.69) is 60.9 Å². The Balaban J connectivity index is 1.85. The largest absolute Gasteiger partial charge is 0.312 e. The fourth-order valence-corrected chi connectivity index (χ4v) is 3.37. The van der Waals surface area contributed by atoms with Gasteiger partial charge in [0.25, 0.3) is 0 Å².